The molecule has 2 aromatic carbocycles. The van der Waals surface area contributed by atoms with E-state index in [4.69, 9.17) is 9.72 Å². The quantitative estimate of drug-likeness (QED) is 0.582. The number of para-hydroxylation sites is 2. The van der Waals surface area contributed by atoms with Crippen LogP contribution >= 0.6 is 0 Å². The molecule has 0 amide bonds. The van der Waals surface area contributed by atoms with Crippen molar-refractivity contribution in [3.63, 3.8) is 0 Å². The molecule has 1 N–H and O–H groups in total. The second-order valence-corrected chi connectivity index (χ2v) is 7.23. The van der Waals surface area contributed by atoms with Gasteiger partial charge in [0, 0.05) is 13.1 Å². The Morgan fingerprint density at radius 2 is 1.90 bits per heavy atom. The van der Waals surface area contributed by atoms with E-state index in [2.05, 4.69) is 52.7 Å². The molecule has 0 aliphatic rings. The Hall–Kier alpha value is -2.86. The third-order valence-corrected chi connectivity index (χ3v) is 5.08. The molecule has 1 unspecified atom stereocenters. The van der Waals surface area contributed by atoms with Crippen molar-refractivity contribution >= 4 is 17.0 Å². The lowest BCUT2D eigenvalue weighted by Gasteiger charge is -2.17. The van der Waals surface area contributed by atoms with Gasteiger partial charge in [-0.1, -0.05) is 24.3 Å². The van der Waals surface area contributed by atoms with E-state index in [0.29, 0.717) is 6.54 Å². The summed E-state index contributed by atoms with van der Waals surface area (Å²) in [6, 6.07) is 12.5. The van der Waals surface area contributed by atoms with Crippen LogP contribution in [-0.4, -0.2) is 29.2 Å². The second kappa shape index (κ2) is 9.09. The molecule has 3 rings (SSSR count). The van der Waals surface area contributed by atoms with E-state index in [-0.39, 0.29) is 18.6 Å². The summed E-state index contributed by atoms with van der Waals surface area (Å²) in [5.74, 6) is 1.39. The number of fused-ring (bicyclic) bond motifs is 1. The molecular weight excluding hydrogens is 366 g/mol. The van der Waals surface area contributed by atoms with Crippen molar-refractivity contribution in [2.45, 2.75) is 46.8 Å². The molecule has 0 bridgehead atoms. The zero-order valence-corrected chi connectivity index (χ0v) is 17.8. The van der Waals surface area contributed by atoms with E-state index in [0.717, 1.165) is 45.8 Å². The fraction of sp³-hybridized carbons (Fsp3) is 0.391. The molecule has 1 heterocycles. The molecule has 0 fully saturated rings. The van der Waals surface area contributed by atoms with Crippen LogP contribution in [0.5, 0.6) is 5.75 Å². The predicted molar refractivity (Wildman–Crippen MR) is 114 cm³/mol. The van der Waals surface area contributed by atoms with Crippen LogP contribution in [0, 0.1) is 13.8 Å². The molecular formula is C23H29N3O3. The molecule has 1 aromatic heterocycles. The normalized spacial score (nSPS) is 12.2. The molecule has 6 nitrogen and oxygen atoms in total. The number of aromatic nitrogens is 2. The van der Waals surface area contributed by atoms with Gasteiger partial charge in [-0.15, -0.1) is 0 Å². The number of carbonyl (C=O) groups excluding carboxylic acids is 1. The number of nitrogens with zero attached hydrogens (tertiary/aromatic N) is 2. The topological polar surface area (TPSA) is 65.4 Å². The summed E-state index contributed by atoms with van der Waals surface area (Å²) in [5, 5.41) is 3.59. The minimum Gasteiger partial charge on any atom is -0.481 e. The summed E-state index contributed by atoms with van der Waals surface area (Å²) in [7, 11) is 1.36. The Labute approximate surface area is 171 Å². The van der Waals surface area contributed by atoms with Gasteiger partial charge in [0.2, 0.25) is 0 Å². The molecule has 29 heavy (non-hydrogen) atoms. The monoisotopic (exact) mass is 395 g/mol. The summed E-state index contributed by atoms with van der Waals surface area (Å²) in [4.78, 5) is 16.2. The number of benzene rings is 2. The zero-order chi connectivity index (χ0) is 21.0. The van der Waals surface area contributed by atoms with Crippen LogP contribution in [-0.2, 0) is 22.6 Å². The third kappa shape index (κ3) is 4.59. The summed E-state index contributed by atoms with van der Waals surface area (Å²) in [5.41, 5.74) is 5.35. The van der Waals surface area contributed by atoms with Crippen LogP contribution in [0.4, 0.5) is 0 Å². The highest BCUT2D eigenvalue weighted by Gasteiger charge is 2.16. The van der Waals surface area contributed by atoms with Crippen LogP contribution in [0.25, 0.3) is 11.0 Å². The summed E-state index contributed by atoms with van der Waals surface area (Å²) in [6.07, 6.45) is 0. The van der Waals surface area contributed by atoms with Crippen molar-refractivity contribution in [2.75, 3.05) is 13.7 Å². The number of carbonyl (C=O) groups is 1. The smallest absolute Gasteiger partial charge is 0.343 e. The highest BCUT2D eigenvalue weighted by molar-refractivity contribution is 5.76. The minimum absolute atomic E-state index is 0.0833. The Bertz CT molecular complexity index is 987. The zero-order valence-electron chi connectivity index (χ0n) is 17.8. The van der Waals surface area contributed by atoms with Crippen molar-refractivity contribution < 1.29 is 14.3 Å². The first-order chi connectivity index (χ1) is 13.9. The first-order valence-electron chi connectivity index (χ1n) is 9.92. The molecule has 0 radical (unpaired) electrons. The Balaban J connectivity index is 1.72. The van der Waals surface area contributed by atoms with E-state index in [1.807, 2.05) is 26.0 Å². The van der Waals surface area contributed by atoms with Crippen LogP contribution in [0.3, 0.4) is 0 Å². The summed E-state index contributed by atoms with van der Waals surface area (Å²) < 4.78 is 12.5. The number of methoxy groups -OCH3 is 1. The average molecular weight is 396 g/mol. The fourth-order valence-corrected chi connectivity index (χ4v) is 3.68. The van der Waals surface area contributed by atoms with E-state index in [9.17, 15) is 4.79 Å². The number of esters is 1. The average Bonchev–Trinajstić information content (AvgIpc) is 3.09. The van der Waals surface area contributed by atoms with Gasteiger partial charge in [0.05, 0.1) is 24.2 Å². The molecule has 0 saturated carbocycles. The SMILES string of the molecule is CCn1c(C(C)NCc2cc(C)c(OCC(=O)OC)c(C)c2)nc2ccccc21. The first-order valence-corrected chi connectivity index (χ1v) is 9.92. The van der Waals surface area contributed by atoms with Crippen LogP contribution in [0.15, 0.2) is 36.4 Å². The molecule has 154 valence electrons. The standard InChI is InChI=1S/C23H29N3O3/c1-6-26-20-10-8-7-9-19(20)25-23(26)17(4)24-13-18-11-15(2)22(16(3)12-18)29-14-21(27)28-5/h7-12,17,24H,6,13-14H2,1-5H3. The van der Waals surface area contributed by atoms with Gasteiger partial charge in [-0.05, 0) is 56.5 Å². The first kappa shape index (κ1) is 20.9. The summed E-state index contributed by atoms with van der Waals surface area (Å²) >= 11 is 0. The molecule has 6 heteroatoms. The molecule has 0 spiro atoms. The molecule has 1 atom stereocenters. The number of rotatable bonds is 8. The number of nitrogens with one attached hydrogen (secondary N) is 1. The third-order valence-electron chi connectivity index (χ3n) is 5.08. The van der Waals surface area contributed by atoms with Crippen molar-refractivity contribution in [1.82, 2.24) is 14.9 Å². The number of hydrogen-bond donors (Lipinski definition) is 1. The number of hydrogen-bond acceptors (Lipinski definition) is 5. The molecule has 0 aliphatic carbocycles. The van der Waals surface area contributed by atoms with Crippen molar-refractivity contribution in [2.24, 2.45) is 0 Å². The lowest BCUT2D eigenvalue weighted by Crippen LogP contribution is -2.22. The Morgan fingerprint density at radius 3 is 2.55 bits per heavy atom. The highest BCUT2D eigenvalue weighted by Crippen LogP contribution is 2.26. The lowest BCUT2D eigenvalue weighted by atomic mass is 10.1. The maximum atomic E-state index is 11.3. The van der Waals surface area contributed by atoms with Crippen LogP contribution in [0.2, 0.25) is 0 Å². The van der Waals surface area contributed by atoms with E-state index in [1.165, 1.54) is 7.11 Å². The number of imidazole rings is 1. The van der Waals surface area contributed by atoms with Gasteiger partial charge in [-0.3, -0.25) is 0 Å². The van der Waals surface area contributed by atoms with Gasteiger partial charge in [0.1, 0.15) is 11.6 Å². The minimum atomic E-state index is -0.387. The largest absolute Gasteiger partial charge is 0.481 e. The molecule has 0 saturated heterocycles. The molecule has 3 aromatic rings. The van der Waals surface area contributed by atoms with Gasteiger partial charge in [-0.25, -0.2) is 9.78 Å². The van der Waals surface area contributed by atoms with Crippen LogP contribution < -0.4 is 10.1 Å². The van der Waals surface area contributed by atoms with Gasteiger partial charge < -0.3 is 19.4 Å². The highest BCUT2D eigenvalue weighted by atomic mass is 16.6. The van der Waals surface area contributed by atoms with E-state index >= 15 is 0 Å². The van der Waals surface area contributed by atoms with Gasteiger partial charge in [0.25, 0.3) is 0 Å². The van der Waals surface area contributed by atoms with Gasteiger partial charge >= 0.3 is 5.97 Å². The summed E-state index contributed by atoms with van der Waals surface area (Å²) in [6.45, 7) is 9.77. The van der Waals surface area contributed by atoms with Crippen molar-refractivity contribution in [1.29, 1.82) is 0 Å². The number of ether oxygens (including phenoxy) is 2. The Morgan fingerprint density at radius 1 is 1.21 bits per heavy atom. The maximum Gasteiger partial charge on any atom is 0.343 e. The Kier molecular flexibility index (Phi) is 6.54. The van der Waals surface area contributed by atoms with Gasteiger partial charge in [-0.2, -0.15) is 0 Å². The second-order valence-electron chi connectivity index (χ2n) is 7.23. The van der Waals surface area contributed by atoms with Crippen LogP contribution in [0.1, 0.15) is 42.4 Å². The van der Waals surface area contributed by atoms with Crippen molar-refractivity contribution in [3.05, 3.63) is 58.9 Å². The number of aryl methyl sites for hydroxylation is 3. The van der Waals surface area contributed by atoms with Gasteiger partial charge in [0.15, 0.2) is 6.61 Å². The predicted octanol–water partition coefficient (Wildman–Crippen LogP) is 4.08. The van der Waals surface area contributed by atoms with E-state index < -0.39 is 0 Å². The molecule has 0 aliphatic heterocycles. The van der Waals surface area contributed by atoms with Crippen molar-refractivity contribution in [3.8, 4) is 5.75 Å². The lowest BCUT2D eigenvalue weighted by molar-refractivity contribution is -0.142. The maximum absolute atomic E-state index is 11.3. The van der Waals surface area contributed by atoms with E-state index in [1.54, 1.807) is 0 Å². The fourth-order valence-electron chi connectivity index (χ4n) is 3.68.